The zero-order chi connectivity index (χ0) is 20.2. The topological polar surface area (TPSA) is 117 Å². The Bertz CT molecular complexity index is 777. The zero-order valence-electron chi connectivity index (χ0n) is 15.1. The van der Waals surface area contributed by atoms with Crippen molar-refractivity contribution in [2.45, 2.75) is 12.5 Å². The molecule has 0 heterocycles. The van der Waals surface area contributed by atoms with Gasteiger partial charge in [0.05, 0.1) is 6.61 Å². The molecular weight excluding hydrogens is 364 g/mol. The number of benzene rings is 2. The van der Waals surface area contributed by atoms with Crippen LogP contribution in [0.4, 0.5) is 10.5 Å². The highest BCUT2D eigenvalue weighted by Gasteiger charge is 2.16. The van der Waals surface area contributed by atoms with E-state index >= 15 is 0 Å². The minimum atomic E-state index is -0.680. The van der Waals surface area contributed by atoms with Crippen molar-refractivity contribution in [1.29, 1.82) is 0 Å². The van der Waals surface area contributed by atoms with Crippen LogP contribution >= 0.6 is 0 Å². The summed E-state index contributed by atoms with van der Waals surface area (Å²) < 4.78 is 10.8. The highest BCUT2D eigenvalue weighted by molar-refractivity contribution is 5.86. The van der Waals surface area contributed by atoms with Gasteiger partial charge in [-0.05, 0) is 29.8 Å². The van der Waals surface area contributed by atoms with Gasteiger partial charge in [-0.2, -0.15) is 0 Å². The Hall–Kier alpha value is -3.36. The molecule has 2 aromatic carbocycles. The van der Waals surface area contributed by atoms with E-state index in [1.165, 1.54) is 11.6 Å². The van der Waals surface area contributed by atoms with E-state index in [-0.39, 0.29) is 19.6 Å². The van der Waals surface area contributed by atoms with Gasteiger partial charge in [-0.15, -0.1) is 0 Å². The number of hydrogen-bond donors (Lipinski definition) is 4. The van der Waals surface area contributed by atoms with E-state index < -0.39 is 18.1 Å². The van der Waals surface area contributed by atoms with E-state index in [0.29, 0.717) is 17.0 Å². The summed E-state index contributed by atoms with van der Waals surface area (Å²) in [6.45, 7) is 0.0859. The summed E-state index contributed by atoms with van der Waals surface area (Å²) in [6.07, 6.45) is 1.54. The molecule has 0 aliphatic carbocycles. The van der Waals surface area contributed by atoms with Gasteiger partial charge >= 0.3 is 6.09 Å². The van der Waals surface area contributed by atoms with Gasteiger partial charge in [-0.25, -0.2) is 10.3 Å². The normalized spacial score (nSPS) is 11.6. The summed E-state index contributed by atoms with van der Waals surface area (Å²) >= 11 is 0. The van der Waals surface area contributed by atoms with Crippen LogP contribution in [-0.2, 0) is 9.53 Å². The predicted octanol–water partition coefficient (Wildman–Crippen LogP) is 2.80. The second-order valence-corrected chi connectivity index (χ2v) is 5.64. The van der Waals surface area contributed by atoms with Crippen molar-refractivity contribution in [2.24, 2.45) is 0 Å². The third-order valence-corrected chi connectivity index (χ3v) is 3.61. The molecule has 2 rings (SSSR count). The van der Waals surface area contributed by atoms with Gasteiger partial charge in [-0.3, -0.25) is 15.3 Å². The Morgan fingerprint density at radius 1 is 1.07 bits per heavy atom. The van der Waals surface area contributed by atoms with E-state index in [1.54, 1.807) is 48.5 Å². The lowest BCUT2D eigenvalue weighted by Crippen LogP contribution is -2.18. The molecule has 0 aromatic heterocycles. The molecule has 0 fully saturated rings. The molecule has 0 saturated heterocycles. The Kier molecular flexibility index (Phi) is 8.51. The molecule has 148 valence electrons. The number of para-hydroxylation sites is 1. The largest absolute Gasteiger partial charge is 0.491 e. The van der Waals surface area contributed by atoms with Crippen molar-refractivity contribution < 1.29 is 29.4 Å². The molecule has 8 heteroatoms. The highest BCUT2D eigenvalue weighted by Crippen LogP contribution is 2.25. The fourth-order valence-electron chi connectivity index (χ4n) is 2.33. The van der Waals surface area contributed by atoms with E-state index in [4.69, 9.17) is 19.8 Å². The van der Waals surface area contributed by atoms with E-state index in [9.17, 15) is 9.59 Å². The van der Waals surface area contributed by atoms with Crippen LogP contribution in [0.2, 0.25) is 0 Å². The lowest BCUT2D eigenvalue weighted by Gasteiger charge is -2.18. The van der Waals surface area contributed by atoms with Crippen LogP contribution in [0.3, 0.4) is 0 Å². The second kappa shape index (κ2) is 11.4. The van der Waals surface area contributed by atoms with Crippen molar-refractivity contribution in [3.05, 3.63) is 72.3 Å². The SMILES string of the molecule is O=C(/C=C/C[C@@H](OC(=O)Nc1ccccc1)c1ccc(OCCO)cc1)NO. The number of rotatable bonds is 9. The number of amides is 2. The first-order valence-electron chi connectivity index (χ1n) is 8.59. The van der Waals surface area contributed by atoms with Crippen LogP contribution in [0.1, 0.15) is 18.1 Å². The molecule has 8 nitrogen and oxygen atoms in total. The Balaban J connectivity index is 2.08. The molecule has 28 heavy (non-hydrogen) atoms. The number of aliphatic hydroxyl groups excluding tert-OH is 1. The average molecular weight is 386 g/mol. The number of hydrogen-bond acceptors (Lipinski definition) is 6. The maximum Gasteiger partial charge on any atom is 0.412 e. The Morgan fingerprint density at radius 3 is 2.43 bits per heavy atom. The number of carbonyl (C=O) groups excluding carboxylic acids is 2. The molecule has 2 aromatic rings. The van der Waals surface area contributed by atoms with Gasteiger partial charge in [-0.1, -0.05) is 36.4 Å². The van der Waals surface area contributed by atoms with Crippen molar-refractivity contribution in [2.75, 3.05) is 18.5 Å². The maximum absolute atomic E-state index is 12.2. The lowest BCUT2D eigenvalue weighted by molar-refractivity contribution is -0.124. The smallest absolute Gasteiger partial charge is 0.412 e. The van der Waals surface area contributed by atoms with Gasteiger partial charge in [0.1, 0.15) is 18.5 Å². The second-order valence-electron chi connectivity index (χ2n) is 5.64. The number of ether oxygens (including phenoxy) is 2. The summed E-state index contributed by atoms with van der Waals surface area (Å²) in [4.78, 5) is 23.4. The summed E-state index contributed by atoms with van der Waals surface area (Å²) in [5, 5.41) is 20.0. The first-order valence-corrected chi connectivity index (χ1v) is 8.59. The van der Waals surface area contributed by atoms with E-state index in [0.717, 1.165) is 6.08 Å². The third-order valence-electron chi connectivity index (χ3n) is 3.61. The molecule has 0 aliphatic heterocycles. The molecule has 0 spiro atoms. The van der Waals surface area contributed by atoms with Gasteiger partial charge in [0.15, 0.2) is 0 Å². The van der Waals surface area contributed by atoms with E-state index in [2.05, 4.69) is 5.32 Å². The first kappa shape index (κ1) is 20.9. The van der Waals surface area contributed by atoms with Crippen molar-refractivity contribution >= 4 is 17.7 Å². The van der Waals surface area contributed by atoms with Crippen molar-refractivity contribution in [3.63, 3.8) is 0 Å². The van der Waals surface area contributed by atoms with Gasteiger partial charge in [0, 0.05) is 18.2 Å². The highest BCUT2D eigenvalue weighted by atomic mass is 16.6. The van der Waals surface area contributed by atoms with Gasteiger partial charge < -0.3 is 14.6 Å². The van der Waals surface area contributed by atoms with E-state index in [1.807, 2.05) is 6.07 Å². The van der Waals surface area contributed by atoms with Gasteiger partial charge in [0.25, 0.3) is 5.91 Å². The molecule has 0 aliphatic rings. The molecule has 0 unspecified atom stereocenters. The zero-order valence-corrected chi connectivity index (χ0v) is 15.1. The average Bonchev–Trinajstić information content (AvgIpc) is 2.72. The number of anilines is 1. The minimum absolute atomic E-state index is 0.0924. The lowest BCUT2D eigenvalue weighted by atomic mass is 10.1. The predicted molar refractivity (Wildman–Crippen MR) is 102 cm³/mol. The molecule has 0 saturated carbocycles. The van der Waals surface area contributed by atoms with Gasteiger partial charge in [0.2, 0.25) is 0 Å². The number of carbonyl (C=O) groups is 2. The quantitative estimate of drug-likeness (QED) is 0.299. The third kappa shape index (κ3) is 7.10. The Labute approximate surface area is 162 Å². The molecule has 0 radical (unpaired) electrons. The fourth-order valence-corrected chi connectivity index (χ4v) is 2.33. The first-order chi connectivity index (χ1) is 13.6. The number of hydroxylamine groups is 1. The monoisotopic (exact) mass is 386 g/mol. The number of aliphatic hydroxyl groups is 1. The fraction of sp³-hybridized carbons (Fsp3) is 0.200. The minimum Gasteiger partial charge on any atom is -0.491 e. The molecular formula is C20H22N2O6. The molecule has 1 atom stereocenters. The van der Waals surface area contributed by atoms with Crippen molar-refractivity contribution in [3.8, 4) is 5.75 Å². The molecule has 4 N–H and O–H groups in total. The summed E-state index contributed by atoms with van der Waals surface area (Å²) in [5.74, 6) is -0.110. The van der Waals surface area contributed by atoms with Crippen LogP contribution in [0.25, 0.3) is 0 Å². The van der Waals surface area contributed by atoms with Crippen LogP contribution in [-0.4, -0.2) is 35.5 Å². The van der Waals surface area contributed by atoms with Crippen LogP contribution in [0, 0.1) is 0 Å². The Morgan fingerprint density at radius 2 is 1.79 bits per heavy atom. The van der Waals surface area contributed by atoms with Crippen LogP contribution in [0.15, 0.2) is 66.7 Å². The summed E-state index contributed by atoms with van der Waals surface area (Å²) in [7, 11) is 0. The number of nitrogens with one attached hydrogen (secondary N) is 2. The molecule has 2 amide bonds. The maximum atomic E-state index is 12.2. The summed E-state index contributed by atoms with van der Waals surface area (Å²) in [5.41, 5.74) is 2.78. The molecule has 0 bridgehead atoms. The van der Waals surface area contributed by atoms with Crippen LogP contribution < -0.4 is 15.5 Å². The standard InChI is InChI=1S/C20H22N2O6/c23-13-14-27-17-11-9-15(10-12-17)18(7-4-8-19(24)22-26)28-20(25)21-16-5-2-1-3-6-16/h1-6,8-12,18,23,26H,7,13-14H2,(H,21,25)(H,22,24)/b8-4+/t18-/m1/s1. The summed E-state index contributed by atoms with van der Waals surface area (Å²) in [6, 6.07) is 15.7. The van der Waals surface area contributed by atoms with Crippen molar-refractivity contribution in [1.82, 2.24) is 5.48 Å². The van der Waals surface area contributed by atoms with Crippen LogP contribution in [0.5, 0.6) is 5.75 Å².